The van der Waals surface area contributed by atoms with Gasteiger partial charge in [0.15, 0.2) is 0 Å². The summed E-state index contributed by atoms with van der Waals surface area (Å²) in [5, 5.41) is 8.78. The van der Waals surface area contributed by atoms with Crippen LogP contribution in [0.5, 0.6) is 0 Å². The van der Waals surface area contributed by atoms with E-state index in [1.54, 1.807) is 6.07 Å². The molecule has 0 spiro atoms. The van der Waals surface area contributed by atoms with Crippen molar-refractivity contribution >= 4 is 54.3 Å². The summed E-state index contributed by atoms with van der Waals surface area (Å²) >= 11 is 0. The van der Waals surface area contributed by atoms with Gasteiger partial charge in [0, 0.05) is 21.9 Å². The summed E-state index contributed by atoms with van der Waals surface area (Å²) in [6, 6.07) is 42.8. The normalized spacial score (nSPS) is 11.8. The van der Waals surface area contributed by atoms with E-state index in [9.17, 15) is 0 Å². The monoisotopic (exact) mass is 488 g/mol. The van der Waals surface area contributed by atoms with Gasteiger partial charge >= 0.3 is 0 Å². The van der Waals surface area contributed by atoms with Crippen LogP contribution < -0.4 is 0 Å². The number of hydrogen-bond donors (Lipinski definition) is 0. The van der Waals surface area contributed by atoms with Crippen molar-refractivity contribution in [3.8, 4) is 22.3 Å². The van der Waals surface area contributed by atoms with Crippen LogP contribution in [-0.2, 0) is 0 Å². The Bertz CT molecular complexity index is 2150. The summed E-state index contributed by atoms with van der Waals surface area (Å²) in [4.78, 5) is 0. The molecule has 1 heterocycles. The maximum atomic E-state index is 15.2. The molecule has 0 radical (unpaired) electrons. The van der Waals surface area contributed by atoms with Gasteiger partial charge in [-0.1, -0.05) is 103 Å². The molecule has 0 aliphatic rings. The summed E-state index contributed by atoms with van der Waals surface area (Å²) in [5.41, 5.74) is 5.53. The lowest BCUT2D eigenvalue weighted by Gasteiger charge is -2.18. The van der Waals surface area contributed by atoms with Gasteiger partial charge < -0.3 is 4.42 Å². The second-order valence-electron chi connectivity index (χ2n) is 9.80. The molecule has 0 atom stereocenters. The molecule has 0 N–H and O–H groups in total. The number of furan rings is 1. The SMILES string of the molecule is Fc1ccccc1-c1c2ccccc2c(-c2cccc3oc4cc5ccccc5cc4c23)c2ccccc12. The van der Waals surface area contributed by atoms with Crippen LogP contribution in [0, 0.1) is 5.82 Å². The van der Waals surface area contributed by atoms with E-state index in [2.05, 4.69) is 84.9 Å². The van der Waals surface area contributed by atoms with Crippen molar-refractivity contribution in [2.75, 3.05) is 0 Å². The molecule has 8 aromatic rings. The number of benzene rings is 7. The third kappa shape index (κ3) is 2.98. The van der Waals surface area contributed by atoms with Gasteiger partial charge in [0.2, 0.25) is 0 Å². The van der Waals surface area contributed by atoms with Gasteiger partial charge in [0.05, 0.1) is 0 Å². The first-order valence-electron chi connectivity index (χ1n) is 12.8. The highest BCUT2D eigenvalue weighted by Crippen LogP contribution is 2.47. The van der Waals surface area contributed by atoms with E-state index in [1.807, 2.05) is 30.3 Å². The van der Waals surface area contributed by atoms with E-state index in [-0.39, 0.29) is 5.82 Å². The van der Waals surface area contributed by atoms with Crippen LogP contribution in [0.4, 0.5) is 4.39 Å². The van der Waals surface area contributed by atoms with Gasteiger partial charge in [-0.2, -0.15) is 0 Å². The molecule has 0 amide bonds. The fourth-order valence-electron chi connectivity index (χ4n) is 6.09. The molecule has 2 heteroatoms. The van der Waals surface area contributed by atoms with Gasteiger partial charge in [0.1, 0.15) is 17.0 Å². The third-order valence-electron chi connectivity index (χ3n) is 7.71. The van der Waals surface area contributed by atoms with Gasteiger partial charge in [-0.25, -0.2) is 4.39 Å². The lowest BCUT2D eigenvalue weighted by atomic mass is 9.85. The summed E-state index contributed by atoms with van der Waals surface area (Å²) < 4.78 is 21.6. The minimum atomic E-state index is -0.217. The first-order chi connectivity index (χ1) is 18.8. The van der Waals surface area contributed by atoms with Crippen LogP contribution in [0.3, 0.4) is 0 Å². The predicted molar refractivity (Wildman–Crippen MR) is 157 cm³/mol. The molecule has 38 heavy (non-hydrogen) atoms. The smallest absolute Gasteiger partial charge is 0.136 e. The summed E-state index contributed by atoms with van der Waals surface area (Å²) in [5.74, 6) is -0.217. The first kappa shape index (κ1) is 21.2. The molecular formula is C36H21FO. The molecule has 0 aliphatic heterocycles. The van der Waals surface area contributed by atoms with Gasteiger partial charge in [-0.15, -0.1) is 0 Å². The quantitative estimate of drug-likeness (QED) is 0.221. The topological polar surface area (TPSA) is 13.1 Å². The van der Waals surface area contributed by atoms with Crippen LogP contribution in [0.15, 0.2) is 132 Å². The molecular weight excluding hydrogens is 467 g/mol. The Morgan fingerprint density at radius 1 is 0.421 bits per heavy atom. The van der Waals surface area contributed by atoms with Crippen molar-refractivity contribution in [1.82, 2.24) is 0 Å². The van der Waals surface area contributed by atoms with E-state index >= 15 is 4.39 Å². The molecule has 0 saturated heterocycles. The highest BCUT2D eigenvalue weighted by atomic mass is 19.1. The molecule has 8 rings (SSSR count). The Balaban J connectivity index is 1.57. The fourth-order valence-corrected chi connectivity index (χ4v) is 6.09. The van der Waals surface area contributed by atoms with Crippen LogP contribution in [0.2, 0.25) is 0 Å². The third-order valence-corrected chi connectivity index (χ3v) is 7.71. The Kier molecular flexibility index (Phi) is 4.47. The van der Waals surface area contributed by atoms with Crippen molar-refractivity contribution in [3.05, 3.63) is 133 Å². The van der Waals surface area contributed by atoms with Crippen LogP contribution in [0.25, 0.3) is 76.5 Å². The molecule has 0 unspecified atom stereocenters. The molecule has 178 valence electrons. The van der Waals surface area contributed by atoms with Crippen molar-refractivity contribution in [2.24, 2.45) is 0 Å². The van der Waals surface area contributed by atoms with E-state index < -0.39 is 0 Å². The second-order valence-corrected chi connectivity index (χ2v) is 9.80. The van der Waals surface area contributed by atoms with Crippen molar-refractivity contribution in [3.63, 3.8) is 0 Å². The van der Waals surface area contributed by atoms with E-state index in [1.165, 1.54) is 11.5 Å². The zero-order chi connectivity index (χ0) is 25.2. The average molecular weight is 489 g/mol. The maximum Gasteiger partial charge on any atom is 0.136 e. The highest BCUT2D eigenvalue weighted by Gasteiger charge is 2.21. The average Bonchev–Trinajstić information content (AvgIpc) is 3.33. The lowest BCUT2D eigenvalue weighted by molar-refractivity contribution is 0.631. The molecule has 1 aromatic heterocycles. The fraction of sp³-hybridized carbons (Fsp3) is 0. The zero-order valence-corrected chi connectivity index (χ0v) is 20.4. The maximum absolute atomic E-state index is 15.2. The van der Waals surface area contributed by atoms with Gasteiger partial charge in [-0.05, 0) is 67.7 Å². The highest BCUT2D eigenvalue weighted by molar-refractivity contribution is 6.26. The summed E-state index contributed by atoms with van der Waals surface area (Å²) in [6.45, 7) is 0. The van der Waals surface area contributed by atoms with E-state index in [0.29, 0.717) is 5.56 Å². The molecule has 0 saturated carbocycles. The molecule has 0 fully saturated rings. The summed E-state index contributed by atoms with van der Waals surface area (Å²) in [7, 11) is 0. The number of rotatable bonds is 2. The predicted octanol–water partition coefficient (Wildman–Crippen LogP) is 10.5. The Morgan fingerprint density at radius 2 is 0.947 bits per heavy atom. The number of hydrogen-bond acceptors (Lipinski definition) is 1. The molecule has 1 nitrogen and oxygen atoms in total. The second kappa shape index (κ2) is 8.03. The van der Waals surface area contributed by atoms with Crippen molar-refractivity contribution < 1.29 is 8.81 Å². The Hall–Kier alpha value is -4.95. The minimum absolute atomic E-state index is 0.217. The van der Waals surface area contributed by atoms with E-state index in [0.717, 1.165) is 65.6 Å². The Morgan fingerprint density at radius 3 is 1.61 bits per heavy atom. The standard InChI is InChI=1S/C36H21FO/c37-31-18-8-7-16-28(31)34-24-12-3-5-14-26(24)35(27-15-6-4-13-25(27)34)29-17-9-19-32-36(29)30-20-22-10-1-2-11-23(22)21-33(30)38-32/h1-21H. The summed E-state index contributed by atoms with van der Waals surface area (Å²) in [6.07, 6.45) is 0. The Labute approximate surface area is 218 Å². The van der Waals surface area contributed by atoms with Crippen LogP contribution in [0.1, 0.15) is 0 Å². The van der Waals surface area contributed by atoms with Gasteiger partial charge in [-0.3, -0.25) is 0 Å². The number of halogens is 1. The zero-order valence-electron chi connectivity index (χ0n) is 20.4. The number of fused-ring (bicyclic) bond motifs is 6. The molecule has 0 aliphatic carbocycles. The minimum Gasteiger partial charge on any atom is -0.456 e. The van der Waals surface area contributed by atoms with Crippen molar-refractivity contribution in [2.45, 2.75) is 0 Å². The largest absolute Gasteiger partial charge is 0.456 e. The van der Waals surface area contributed by atoms with Gasteiger partial charge in [0.25, 0.3) is 0 Å². The van der Waals surface area contributed by atoms with Crippen LogP contribution in [-0.4, -0.2) is 0 Å². The molecule has 0 bridgehead atoms. The van der Waals surface area contributed by atoms with Crippen molar-refractivity contribution in [1.29, 1.82) is 0 Å². The van der Waals surface area contributed by atoms with Crippen LogP contribution >= 0.6 is 0 Å². The van der Waals surface area contributed by atoms with E-state index in [4.69, 9.17) is 4.42 Å². The first-order valence-corrected chi connectivity index (χ1v) is 12.8. The molecule has 7 aromatic carbocycles. The lowest BCUT2D eigenvalue weighted by Crippen LogP contribution is -1.92.